The highest BCUT2D eigenvalue weighted by Gasteiger charge is 2.12. The molecular formula is C12H7ClFNO2. The predicted molar refractivity (Wildman–Crippen MR) is 61.6 cm³/mol. The van der Waals surface area contributed by atoms with Crippen LogP contribution in [0.5, 0.6) is 0 Å². The fraction of sp³-hybridized carbons (Fsp3) is 0. The van der Waals surface area contributed by atoms with E-state index in [1.165, 1.54) is 30.5 Å². The Balaban J connectivity index is 2.63. The molecule has 0 radical (unpaired) electrons. The lowest BCUT2D eigenvalue weighted by Gasteiger charge is -2.06. The van der Waals surface area contributed by atoms with Gasteiger partial charge >= 0.3 is 5.97 Å². The van der Waals surface area contributed by atoms with E-state index < -0.39 is 11.8 Å². The van der Waals surface area contributed by atoms with Gasteiger partial charge in [0.15, 0.2) is 0 Å². The summed E-state index contributed by atoms with van der Waals surface area (Å²) in [4.78, 5) is 14.5. The van der Waals surface area contributed by atoms with Gasteiger partial charge in [-0.1, -0.05) is 11.6 Å². The molecule has 0 saturated heterocycles. The van der Waals surface area contributed by atoms with E-state index in [0.717, 1.165) is 6.20 Å². The van der Waals surface area contributed by atoms with Gasteiger partial charge in [-0.05, 0) is 24.3 Å². The lowest BCUT2D eigenvalue weighted by atomic mass is 10.0. The van der Waals surface area contributed by atoms with Crippen LogP contribution in [0.2, 0.25) is 5.02 Å². The van der Waals surface area contributed by atoms with E-state index in [2.05, 4.69) is 4.98 Å². The van der Waals surface area contributed by atoms with Crippen molar-refractivity contribution < 1.29 is 14.3 Å². The van der Waals surface area contributed by atoms with Crippen LogP contribution in [0.1, 0.15) is 10.4 Å². The smallest absolute Gasteiger partial charge is 0.335 e. The van der Waals surface area contributed by atoms with E-state index in [1.807, 2.05) is 0 Å². The summed E-state index contributed by atoms with van der Waals surface area (Å²) in [6.45, 7) is 0. The van der Waals surface area contributed by atoms with Gasteiger partial charge in [0.25, 0.3) is 0 Å². The summed E-state index contributed by atoms with van der Waals surface area (Å²) in [7, 11) is 0. The van der Waals surface area contributed by atoms with E-state index >= 15 is 0 Å². The lowest BCUT2D eigenvalue weighted by molar-refractivity contribution is 0.0697. The van der Waals surface area contributed by atoms with Crippen molar-refractivity contribution >= 4 is 17.6 Å². The number of hydrogen-bond acceptors (Lipinski definition) is 2. The average molecular weight is 252 g/mol. The number of carboxylic acids is 1. The van der Waals surface area contributed by atoms with Gasteiger partial charge in [0, 0.05) is 22.3 Å². The van der Waals surface area contributed by atoms with E-state index in [9.17, 15) is 9.18 Å². The number of aromatic carboxylic acids is 1. The molecule has 0 aliphatic carbocycles. The van der Waals surface area contributed by atoms with E-state index in [-0.39, 0.29) is 11.1 Å². The first-order valence-corrected chi connectivity index (χ1v) is 5.10. The first-order chi connectivity index (χ1) is 8.09. The molecule has 2 rings (SSSR count). The van der Waals surface area contributed by atoms with Crippen LogP contribution in [0.3, 0.4) is 0 Å². The van der Waals surface area contributed by atoms with Gasteiger partial charge in [0.05, 0.1) is 11.8 Å². The molecular weight excluding hydrogens is 245 g/mol. The first kappa shape index (κ1) is 11.5. The zero-order valence-electron chi connectivity index (χ0n) is 8.52. The second kappa shape index (κ2) is 4.51. The molecule has 0 aliphatic heterocycles. The Labute approximate surface area is 101 Å². The fourth-order valence-electron chi connectivity index (χ4n) is 1.46. The van der Waals surface area contributed by atoms with Crippen molar-refractivity contribution in [1.29, 1.82) is 0 Å². The Bertz CT molecular complexity index is 586. The fourth-order valence-corrected chi connectivity index (χ4v) is 1.68. The van der Waals surface area contributed by atoms with Gasteiger partial charge in [0.2, 0.25) is 0 Å². The monoisotopic (exact) mass is 251 g/mol. The molecule has 0 fully saturated rings. The van der Waals surface area contributed by atoms with Crippen LogP contribution in [-0.4, -0.2) is 16.1 Å². The van der Waals surface area contributed by atoms with Gasteiger partial charge in [-0.3, -0.25) is 4.98 Å². The van der Waals surface area contributed by atoms with Crippen LogP contribution in [0.15, 0.2) is 36.7 Å². The minimum atomic E-state index is -1.09. The number of nitrogens with zero attached hydrogens (tertiary/aromatic N) is 1. The molecule has 0 atom stereocenters. The number of benzene rings is 1. The Morgan fingerprint density at radius 1 is 1.29 bits per heavy atom. The van der Waals surface area contributed by atoms with Crippen molar-refractivity contribution in [2.24, 2.45) is 0 Å². The second-order valence-electron chi connectivity index (χ2n) is 3.36. The summed E-state index contributed by atoms with van der Waals surface area (Å²) in [5.74, 6) is -1.63. The minimum Gasteiger partial charge on any atom is -0.478 e. The number of carbonyl (C=O) groups is 1. The zero-order valence-corrected chi connectivity index (χ0v) is 9.28. The SMILES string of the molecule is O=C(O)c1ccc(Cl)c(-c2ccncc2F)c1. The van der Waals surface area contributed by atoms with Gasteiger partial charge in [-0.25, -0.2) is 9.18 Å². The minimum absolute atomic E-state index is 0.0561. The van der Waals surface area contributed by atoms with E-state index in [1.54, 1.807) is 0 Å². The topological polar surface area (TPSA) is 50.2 Å². The molecule has 1 aromatic carbocycles. The number of aromatic nitrogens is 1. The quantitative estimate of drug-likeness (QED) is 0.891. The summed E-state index contributed by atoms with van der Waals surface area (Å²) in [5.41, 5.74) is 0.625. The number of pyridine rings is 1. The molecule has 2 aromatic rings. The van der Waals surface area contributed by atoms with E-state index in [4.69, 9.17) is 16.7 Å². The van der Waals surface area contributed by atoms with Crippen molar-refractivity contribution in [1.82, 2.24) is 4.98 Å². The number of halogens is 2. The molecule has 0 aliphatic rings. The van der Waals surface area contributed by atoms with Crippen LogP contribution < -0.4 is 0 Å². The molecule has 1 aromatic heterocycles. The maximum atomic E-state index is 13.5. The third-order valence-electron chi connectivity index (χ3n) is 2.28. The van der Waals surface area contributed by atoms with Crippen molar-refractivity contribution in [3.05, 3.63) is 53.1 Å². The Kier molecular flexibility index (Phi) is 3.06. The molecule has 1 heterocycles. The molecule has 5 heteroatoms. The Hall–Kier alpha value is -1.94. The molecule has 0 amide bonds. The van der Waals surface area contributed by atoms with Gasteiger partial charge in [-0.15, -0.1) is 0 Å². The summed E-state index contributed by atoms with van der Waals surface area (Å²) in [6, 6.07) is 5.58. The molecule has 0 bridgehead atoms. The number of hydrogen-bond donors (Lipinski definition) is 1. The van der Waals surface area contributed by atoms with Crippen LogP contribution >= 0.6 is 11.6 Å². The maximum absolute atomic E-state index is 13.5. The van der Waals surface area contributed by atoms with Crippen molar-refractivity contribution in [3.8, 4) is 11.1 Å². The van der Waals surface area contributed by atoms with E-state index in [0.29, 0.717) is 10.6 Å². The normalized spacial score (nSPS) is 10.2. The van der Waals surface area contributed by atoms with Crippen molar-refractivity contribution in [2.75, 3.05) is 0 Å². The Morgan fingerprint density at radius 2 is 2.06 bits per heavy atom. The second-order valence-corrected chi connectivity index (χ2v) is 3.76. The molecule has 0 saturated carbocycles. The van der Waals surface area contributed by atoms with Crippen molar-refractivity contribution in [3.63, 3.8) is 0 Å². The molecule has 0 spiro atoms. The molecule has 3 nitrogen and oxygen atoms in total. The van der Waals surface area contributed by atoms with Crippen LogP contribution in [-0.2, 0) is 0 Å². The highest BCUT2D eigenvalue weighted by atomic mass is 35.5. The maximum Gasteiger partial charge on any atom is 0.335 e. The zero-order chi connectivity index (χ0) is 12.4. The third kappa shape index (κ3) is 2.26. The highest BCUT2D eigenvalue weighted by Crippen LogP contribution is 2.30. The van der Waals surface area contributed by atoms with Crippen LogP contribution in [0, 0.1) is 5.82 Å². The highest BCUT2D eigenvalue weighted by molar-refractivity contribution is 6.33. The number of carboxylic acid groups (broad SMARTS) is 1. The van der Waals surface area contributed by atoms with Crippen LogP contribution in [0.25, 0.3) is 11.1 Å². The summed E-state index contributed by atoms with van der Waals surface area (Å²) >= 11 is 5.93. The first-order valence-electron chi connectivity index (χ1n) is 4.72. The largest absolute Gasteiger partial charge is 0.478 e. The molecule has 17 heavy (non-hydrogen) atoms. The molecule has 86 valence electrons. The standard InChI is InChI=1S/C12H7ClFNO2/c13-10-2-1-7(12(16)17)5-9(10)8-3-4-15-6-11(8)14/h1-6H,(H,16,17). The van der Waals surface area contributed by atoms with Gasteiger partial charge in [0.1, 0.15) is 5.82 Å². The van der Waals surface area contributed by atoms with Crippen LogP contribution in [0.4, 0.5) is 4.39 Å². The lowest BCUT2D eigenvalue weighted by Crippen LogP contribution is -1.97. The number of rotatable bonds is 2. The van der Waals surface area contributed by atoms with Gasteiger partial charge < -0.3 is 5.11 Å². The third-order valence-corrected chi connectivity index (χ3v) is 2.61. The van der Waals surface area contributed by atoms with Crippen molar-refractivity contribution in [2.45, 2.75) is 0 Å². The Morgan fingerprint density at radius 3 is 2.71 bits per heavy atom. The average Bonchev–Trinajstić information content (AvgIpc) is 2.30. The van der Waals surface area contributed by atoms with Gasteiger partial charge in [-0.2, -0.15) is 0 Å². The summed E-state index contributed by atoms with van der Waals surface area (Å²) < 4.78 is 13.5. The predicted octanol–water partition coefficient (Wildman–Crippen LogP) is 3.24. The molecule has 0 unspecified atom stereocenters. The summed E-state index contributed by atoms with van der Waals surface area (Å²) in [5, 5.41) is 9.16. The molecule has 1 N–H and O–H groups in total. The summed E-state index contributed by atoms with van der Waals surface area (Å²) in [6.07, 6.45) is 2.47.